The second-order valence-electron chi connectivity index (χ2n) is 4.99. The summed E-state index contributed by atoms with van der Waals surface area (Å²) in [6.45, 7) is 1.48. The fraction of sp³-hybridized carbons (Fsp3) is 0.250. The van der Waals surface area contributed by atoms with Crippen LogP contribution < -0.4 is 0 Å². The number of hydrogen-bond donors (Lipinski definition) is 3. The number of cyclic esters (lactones) is 1. The molecule has 1 aromatic rings. The van der Waals surface area contributed by atoms with E-state index in [4.69, 9.17) is 9.84 Å². The largest absolute Gasteiger partial charge is 0.508 e. The number of allylic oxidation sites excluding steroid dienone is 1. The van der Waals surface area contributed by atoms with Gasteiger partial charge in [0, 0.05) is 16.7 Å². The van der Waals surface area contributed by atoms with E-state index in [1.54, 1.807) is 6.08 Å². The average molecular weight is 304 g/mol. The quantitative estimate of drug-likeness (QED) is 0.438. The lowest BCUT2D eigenvalue weighted by molar-refractivity contribution is -0.140. The van der Waals surface area contributed by atoms with E-state index >= 15 is 0 Å². The predicted molar refractivity (Wildman–Crippen MR) is 77.3 cm³/mol. The summed E-state index contributed by atoms with van der Waals surface area (Å²) in [7, 11) is 0. The summed E-state index contributed by atoms with van der Waals surface area (Å²) in [6, 6.07) is 3.99. The van der Waals surface area contributed by atoms with E-state index in [1.165, 1.54) is 31.2 Å². The number of carbonyl (C=O) groups excluding carboxylic acids is 1. The number of phenolic OH excluding ortho intramolecular Hbond substituents is 2. The summed E-state index contributed by atoms with van der Waals surface area (Å²) in [5, 5.41) is 28.0. The first-order chi connectivity index (χ1) is 10.4. The topological polar surface area (TPSA) is 104 Å². The van der Waals surface area contributed by atoms with Crippen LogP contribution in [0.4, 0.5) is 0 Å². The Balaban J connectivity index is 2.10. The van der Waals surface area contributed by atoms with Gasteiger partial charge in [0.15, 0.2) is 0 Å². The molecule has 1 atom stereocenters. The average Bonchev–Trinajstić information content (AvgIpc) is 2.82. The van der Waals surface area contributed by atoms with E-state index in [9.17, 15) is 19.8 Å². The lowest BCUT2D eigenvalue weighted by atomic mass is 10.0. The molecule has 116 valence electrons. The van der Waals surface area contributed by atoms with Crippen molar-refractivity contribution in [2.45, 2.75) is 25.9 Å². The highest BCUT2D eigenvalue weighted by atomic mass is 16.5. The number of esters is 1. The van der Waals surface area contributed by atoms with Crippen molar-refractivity contribution in [3.63, 3.8) is 0 Å². The lowest BCUT2D eigenvalue weighted by Crippen LogP contribution is -2.03. The van der Waals surface area contributed by atoms with Gasteiger partial charge in [-0.3, -0.25) is 0 Å². The summed E-state index contributed by atoms with van der Waals surface area (Å²) in [5.41, 5.74) is 0.942. The van der Waals surface area contributed by atoms with Crippen LogP contribution >= 0.6 is 0 Å². The molecule has 22 heavy (non-hydrogen) atoms. The smallest absolute Gasteiger partial charge is 0.334 e. The highest BCUT2D eigenvalue weighted by molar-refractivity contribution is 5.91. The molecular weight excluding hydrogens is 288 g/mol. The number of benzene rings is 1. The van der Waals surface area contributed by atoms with Crippen LogP contribution in [0.15, 0.2) is 41.5 Å². The predicted octanol–water partition coefficient (Wildman–Crippen LogP) is 2.43. The fourth-order valence-corrected chi connectivity index (χ4v) is 2.12. The molecule has 0 saturated carbocycles. The molecule has 6 nitrogen and oxygen atoms in total. The molecule has 1 unspecified atom stereocenters. The Hall–Kier alpha value is -2.76. The van der Waals surface area contributed by atoms with Gasteiger partial charge in [-0.15, -0.1) is 0 Å². The highest BCUT2D eigenvalue weighted by Crippen LogP contribution is 2.36. The van der Waals surface area contributed by atoms with E-state index in [2.05, 4.69) is 0 Å². The Labute approximate surface area is 127 Å². The number of hydrogen-bond acceptors (Lipinski definition) is 5. The number of rotatable bonds is 5. The minimum absolute atomic E-state index is 0.0364. The third-order valence-electron chi connectivity index (χ3n) is 3.37. The van der Waals surface area contributed by atoms with Gasteiger partial charge in [0.05, 0.1) is 0 Å². The van der Waals surface area contributed by atoms with Crippen molar-refractivity contribution in [2.75, 3.05) is 0 Å². The van der Waals surface area contributed by atoms with E-state index < -0.39 is 18.0 Å². The van der Waals surface area contributed by atoms with Gasteiger partial charge in [0.2, 0.25) is 0 Å². The Morgan fingerprint density at radius 1 is 1.36 bits per heavy atom. The highest BCUT2D eigenvalue weighted by Gasteiger charge is 2.28. The Kier molecular flexibility index (Phi) is 4.50. The Morgan fingerprint density at radius 3 is 2.77 bits per heavy atom. The number of carboxylic acid groups (broad SMARTS) is 1. The van der Waals surface area contributed by atoms with Crippen LogP contribution in [0, 0.1) is 0 Å². The minimum Gasteiger partial charge on any atom is -0.508 e. The van der Waals surface area contributed by atoms with Crippen LogP contribution in [0.3, 0.4) is 0 Å². The molecule has 1 aliphatic rings. The van der Waals surface area contributed by atoms with Crippen LogP contribution in [0.5, 0.6) is 11.5 Å². The van der Waals surface area contributed by atoms with Crippen molar-refractivity contribution in [3.8, 4) is 11.5 Å². The summed E-state index contributed by atoms with van der Waals surface area (Å²) in [4.78, 5) is 22.5. The molecule has 0 fully saturated rings. The number of phenols is 2. The molecule has 0 saturated heterocycles. The summed E-state index contributed by atoms with van der Waals surface area (Å²) in [5.74, 6) is -1.61. The third-order valence-corrected chi connectivity index (χ3v) is 3.37. The maximum Gasteiger partial charge on any atom is 0.334 e. The fourth-order valence-electron chi connectivity index (χ4n) is 2.12. The van der Waals surface area contributed by atoms with E-state index in [0.29, 0.717) is 24.0 Å². The van der Waals surface area contributed by atoms with Crippen LogP contribution in [0.25, 0.3) is 0 Å². The van der Waals surface area contributed by atoms with Crippen LogP contribution in [-0.2, 0) is 14.3 Å². The lowest BCUT2D eigenvalue weighted by Gasteiger charge is -2.10. The van der Waals surface area contributed by atoms with Crippen molar-refractivity contribution < 1.29 is 29.6 Å². The van der Waals surface area contributed by atoms with E-state index in [0.717, 1.165) is 0 Å². The molecule has 0 spiro atoms. The second-order valence-corrected chi connectivity index (χ2v) is 4.99. The molecule has 0 amide bonds. The molecule has 0 aromatic heterocycles. The SMILES string of the molecule is C/C(=C\CCC1=CC(c2cc(O)ccc2O)OC1=O)C(=O)O. The zero-order valence-corrected chi connectivity index (χ0v) is 11.9. The number of ether oxygens (including phenoxy) is 1. The normalized spacial score (nSPS) is 18.0. The minimum atomic E-state index is -0.995. The molecule has 0 aliphatic carbocycles. The van der Waals surface area contributed by atoms with Gasteiger partial charge >= 0.3 is 11.9 Å². The molecule has 3 N–H and O–H groups in total. The molecule has 0 bridgehead atoms. The van der Waals surface area contributed by atoms with Gasteiger partial charge in [-0.1, -0.05) is 6.08 Å². The first kappa shape index (κ1) is 15.6. The zero-order chi connectivity index (χ0) is 16.3. The van der Waals surface area contributed by atoms with Gasteiger partial charge in [-0.25, -0.2) is 9.59 Å². The molecule has 1 heterocycles. The molecule has 2 rings (SSSR count). The molecular formula is C16H16O6. The summed E-state index contributed by atoms with van der Waals surface area (Å²) < 4.78 is 5.16. The van der Waals surface area contributed by atoms with Gasteiger partial charge in [-0.2, -0.15) is 0 Å². The van der Waals surface area contributed by atoms with Crippen molar-refractivity contribution in [1.82, 2.24) is 0 Å². The number of aromatic hydroxyl groups is 2. The van der Waals surface area contributed by atoms with Crippen molar-refractivity contribution in [1.29, 1.82) is 0 Å². The third kappa shape index (κ3) is 3.46. The monoisotopic (exact) mass is 304 g/mol. The Morgan fingerprint density at radius 2 is 2.09 bits per heavy atom. The summed E-state index contributed by atoms with van der Waals surface area (Å²) >= 11 is 0. The van der Waals surface area contributed by atoms with Gasteiger partial charge in [0.25, 0.3) is 0 Å². The number of carboxylic acids is 1. The maximum atomic E-state index is 11.8. The van der Waals surface area contributed by atoms with Crippen LogP contribution in [0.2, 0.25) is 0 Å². The summed E-state index contributed by atoms with van der Waals surface area (Å²) in [6.07, 6.45) is 3.10. The van der Waals surface area contributed by atoms with E-state index in [1.807, 2.05) is 0 Å². The molecule has 1 aliphatic heterocycles. The first-order valence-corrected chi connectivity index (χ1v) is 6.72. The standard InChI is InChI=1S/C16H16O6/c1-9(15(19)20)3-2-4-10-7-14(22-16(10)21)12-8-11(17)5-6-13(12)18/h3,5-8,14,17-18H,2,4H2,1H3,(H,19,20)/b9-3+. The Bertz CT molecular complexity index is 671. The van der Waals surface area contributed by atoms with Crippen molar-refractivity contribution in [3.05, 3.63) is 47.1 Å². The van der Waals surface area contributed by atoms with Crippen LogP contribution in [0.1, 0.15) is 31.4 Å². The van der Waals surface area contributed by atoms with Gasteiger partial charge < -0.3 is 20.1 Å². The maximum absolute atomic E-state index is 11.8. The first-order valence-electron chi connectivity index (χ1n) is 6.72. The van der Waals surface area contributed by atoms with Gasteiger partial charge in [0.1, 0.15) is 17.6 Å². The van der Waals surface area contributed by atoms with Gasteiger partial charge in [-0.05, 0) is 44.0 Å². The van der Waals surface area contributed by atoms with Crippen molar-refractivity contribution >= 4 is 11.9 Å². The van der Waals surface area contributed by atoms with E-state index in [-0.39, 0.29) is 17.1 Å². The van der Waals surface area contributed by atoms with Crippen molar-refractivity contribution in [2.24, 2.45) is 0 Å². The van der Waals surface area contributed by atoms with Crippen LogP contribution in [-0.4, -0.2) is 27.3 Å². The molecule has 6 heteroatoms. The molecule has 1 aromatic carbocycles. The number of carbonyl (C=O) groups is 2. The zero-order valence-electron chi connectivity index (χ0n) is 11.9. The number of aliphatic carboxylic acids is 1. The molecule has 0 radical (unpaired) electrons. The second kappa shape index (κ2) is 6.34.